The average Bonchev–Trinajstić information content (AvgIpc) is 2.87. The molecule has 1 heterocycles. The molecule has 0 amide bonds. The Labute approximate surface area is 119 Å². The Morgan fingerprint density at radius 2 is 1.84 bits per heavy atom. The molecule has 0 radical (unpaired) electrons. The lowest BCUT2D eigenvalue weighted by Crippen LogP contribution is -2.49. The van der Waals surface area contributed by atoms with Crippen LogP contribution in [0.25, 0.3) is 0 Å². The van der Waals surface area contributed by atoms with Gasteiger partial charge in [-0.1, -0.05) is 6.07 Å². The van der Waals surface area contributed by atoms with E-state index in [4.69, 9.17) is 0 Å². The second-order valence-corrected chi connectivity index (χ2v) is 8.28. The first-order valence-corrected chi connectivity index (χ1v) is 8.57. The maximum Gasteiger partial charge on any atom is 0.0665 e. The van der Waals surface area contributed by atoms with Gasteiger partial charge in [0.1, 0.15) is 0 Å². The van der Waals surface area contributed by atoms with E-state index in [9.17, 15) is 5.26 Å². The predicted octanol–water partition coefficient (Wildman–Crippen LogP) is 4.65. The van der Waals surface area contributed by atoms with Crippen LogP contribution in [0.2, 0.25) is 0 Å². The molecule has 1 aromatic rings. The molecule has 4 aliphatic rings. The van der Waals surface area contributed by atoms with Crippen LogP contribution in [0.1, 0.15) is 43.4 Å². The van der Waals surface area contributed by atoms with Crippen LogP contribution in [0.15, 0.2) is 17.5 Å². The van der Waals surface area contributed by atoms with E-state index in [-0.39, 0.29) is 5.92 Å². The molecule has 4 aliphatic carbocycles. The zero-order valence-electron chi connectivity index (χ0n) is 11.3. The molecular weight excluding hydrogens is 250 g/mol. The monoisotopic (exact) mass is 271 g/mol. The van der Waals surface area contributed by atoms with Crippen LogP contribution in [0, 0.1) is 40.4 Å². The highest BCUT2D eigenvalue weighted by atomic mass is 32.1. The van der Waals surface area contributed by atoms with Gasteiger partial charge in [-0.15, -0.1) is 11.3 Å². The van der Waals surface area contributed by atoms with Gasteiger partial charge < -0.3 is 0 Å². The smallest absolute Gasteiger partial charge is 0.0665 e. The van der Waals surface area contributed by atoms with Gasteiger partial charge in [0.25, 0.3) is 0 Å². The molecule has 2 heteroatoms. The van der Waals surface area contributed by atoms with Crippen LogP contribution in [-0.2, 0) is 6.42 Å². The molecule has 0 aromatic carbocycles. The van der Waals surface area contributed by atoms with Gasteiger partial charge in [0.05, 0.1) is 12.0 Å². The molecule has 5 rings (SSSR count). The molecule has 0 saturated heterocycles. The number of nitriles is 1. The first-order chi connectivity index (χ1) is 9.27. The lowest BCUT2D eigenvalue weighted by atomic mass is 9.46. The summed E-state index contributed by atoms with van der Waals surface area (Å²) in [6.07, 6.45) is 9.46. The predicted molar refractivity (Wildman–Crippen MR) is 77.7 cm³/mol. The highest BCUT2D eigenvalue weighted by molar-refractivity contribution is 7.09. The van der Waals surface area contributed by atoms with Crippen molar-refractivity contribution in [3.8, 4) is 6.07 Å². The van der Waals surface area contributed by atoms with E-state index in [2.05, 4.69) is 23.6 Å². The van der Waals surface area contributed by atoms with Gasteiger partial charge in [0, 0.05) is 4.88 Å². The average molecular weight is 271 g/mol. The van der Waals surface area contributed by atoms with Gasteiger partial charge in [0.15, 0.2) is 0 Å². The SMILES string of the molecule is N#CC(Cc1cccs1)C12CC3CC(CC(C3)C1)C2. The lowest BCUT2D eigenvalue weighted by molar-refractivity contribution is -0.0744. The molecule has 1 aromatic heterocycles. The fourth-order valence-electron chi connectivity index (χ4n) is 5.63. The molecule has 0 aliphatic heterocycles. The molecule has 0 N–H and O–H groups in total. The number of nitrogens with zero attached hydrogens (tertiary/aromatic N) is 1. The molecule has 1 atom stereocenters. The second kappa shape index (κ2) is 4.35. The van der Waals surface area contributed by atoms with Crippen LogP contribution in [0.5, 0.6) is 0 Å². The molecule has 0 spiro atoms. The summed E-state index contributed by atoms with van der Waals surface area (Å²) >= 11 is 1.82. The minimum Gasteiger partial charge on any atom is -0.198 e. The third kappa shape index (κ3) is 1.94. The summed E-state index contributed by atoms with van der Waals surface area (Å²) in [6, 6.07) is 7.03. The van der Waals surface area contributed by atoms with E-state index in [0.29, 0.717) is 5.41 Å². The van der Waals surface area contributed by atoms with E-state index in [1.54, 1.807) is 0 Å². The Hall–Kier alpha value is -0.810. The van der Waals surface area contributed by atoms with E-state index in [0.717, 1.165) is 24.2 Å². The first-order valence-electron chi connectivity index (χ1n) is 7.69. The summed E-state index contributed by atoms with van der Waals surface area (Å²) in [7, 11) is 0. The summed E-state index contributed by atoms with van der Waals surface area (Å²) in [6.45, 7) is 0. The van der Waals surface area contributed by atoms with Gasteiger partial charge in [0.2, 0.25) is 0 Å². The Balaban J connectivity index is 1.61. The number of hydrogen-bond acceptors (Lipinski definition) is 2. The minimum absolute atomic E-state index is 0.263. The van der Waals surface area contributed by atoms with E-state index in [1.165, 1.54) is 43.4 Å². The Morgan fingerprint density at radius 3 is 2.32 bits per heavy atom. The molecule has 4 fully saturated rings. The van der Waals surface area contributed by atoms with Crippen molar-refractivity contribution in [3.63, 3.8) is 0 Å². The molecule has 1 nitrogen and oxygen atoms in total. The van der Waals surface area contributed by atoms with Gasteiger partial charge in [-0.2, -0.15) is 5.26 Å². The summed E-state index contributed by atoms with van der Waals surface area (Å²) in [5.74, 6) is 3.11. The van der Waals surface area contributed by atoms with Crippen molar-refractivity contribution in [3.05, 3.63) is 22.4 Å². The van der Waals surface area contributed by atoms with E-state index in [1.807, 2.05) is 11.3 Å². The normalized spacial score (nSPS) is 41.1. The van der Waals surface area contributed by atoms with Crippen molar-refractivity contribution in [2.24, 2.45) is 29.1 Å². The highest BCUT2D eigenvalue weighted by Gasteiger charge is 2.54. The van der Waals surface area contributed by atoms with Gasteiger partial charge in [-0.05, 0) is 79.6 Å². The van der Waals surface area contributed by atoms with Crippen LogP contribution >= 0.6 is 11.3 Å². The zero-order valence-corrected chi connectivity index (χ0v) is 12.2. The molecular formula is C17H21NS. The largest absolute Gasteiger partial charge is 0.198 e. The summed E-state index contributed by atoms with van der Waals surface area (Å²) in [4.78, 5) is 1.40. The van der Waals surface area contributed by atoms with Crippen LogP contribution < -0.4 is 0 Å². The molecule has 4 bridgehead atoms. The number of thiophene rings is 1. The molecule has 100 valence electrons. The van der Waals surface area contributed by atoms with Crippen molar-refractivity contribution < 1.29 is 0 Å². The summed E-state index contributed by atoms with van der Waals surface area (Å²) < 4.78 is 0. The van der Waals surface area contributed by atoms with Gasteiger partial charge in [-0.3, -0.25) is 0 Å². The van der Waals surface area contributed by atoms with E-state index >= 15 is 0 Å². The minimum atomic E-state index is 0.263. The standard InChI is InChI=1S/C17H21NS/c18-11-15(7-16-2-1-3-19-16)17-8-12-4-13(9-17)6-14(5-12)10-17/h1-3,12-15H,4-10H2. The maximum absolute atomic E-state index is 9.74. The lowest BCUT2D eigenvalue weighted by Gasteiger charge is -2.58. The van der Waals surface area contributed by atoms with Crippen molar-refractivity contribution in [2.75, 3.05) is 0 Å². The van der Waals surface area contributed by atoms with E-state index < -0.39 is 0 Å². The van der Waals surface area contributed by atoms with Crippen molar-refractivity contribution in [1.82, 2.24) is 0 Å². The Kier molecular flexibility index (Phi) is 2.74. The summed E-state index contributed by atoms with van der Waals surface area (Å²) in [5, 5.41) is 11.9. The topological polar surface area (TPSA) is 23.8 Å². The van der Waals surface area contributed by atoms with Gasteiger partial charge >= 0.3 is 0 Å². The number of rotatable bonds is 3. The highest BCUT2D eigenvalue weighted by Crippen LogP contribution is 2.63. The van der Waals surface area contributed by atoms with Crippen molar-refractivity contribution >= 4 is 11.3 Å². The molecule has 19 heavy (non-hydrogen) atoms. The molecule has 1 unspecified atom stereocenters. The fraction of sp³-hybridized carbons (Fsp3) is 0.706. The summed E-state index contributed by atoms with van der Waals surface area (Å²) in [5.41, 5.74) is 0.382. The van der Waals surface area contributed by atoms with Crippen LogP contribution in [0.4, 0.5) is 0 Å². The second-order valence-electron chi connectivity index (χ2n) is 7.25. The van der Waals surface area contributed by atoms with Crippen LogP contribution in [-0.4, -0.2) is 0 Å². The van der Waals surface area contributed by atoms with Crippen molar-refractivity contribution in [2.45, 2.75) is 44.9 Å². The third-order valence-corrected chi connectivity index (χ3v) is 6.86. The van der Waals surface area contributed by atoms with Gasteiger partial charge in [-0.25, -0.2) is 0 Å². The van der Waals surface area contributed by atoms with Crippen LogP contribution in [0.3, 0.4) is 0 Å². The zero-order chi connectivity index (χ0) is 12.9. The third-order valence-electron chi connectivity index (χ3n) is 5.97. The Bertz CT molecular complexity index is 461. The van der Waals surface area contributed by atoms with Crippen molar-refractivity contribution in [1.29, 1.82) is 5.26 Å². The maximum atomic E-state index is 9.74. The Morgan fingerprint density at radius 1 is 1.21 bits per heavy atom. The first kappa shape index (κ1) is 12.0. The molecule has 4 saturated carbocycles. The quantitative estimate of drug-likeness (QED) is 0.785. The number of hydrogen-bond donors (Lipinski definition) is 0. The fourth-order valence-corrected chi connectivity index (χ4v) is 6.39.